The van der Waals surface area contributed by atoms with Crippen molar-refractivity contribution < 1.29 is 27.0 Å². The zero-order chi connectivity index (χ0) is 26.6. The van der Waals surface area contributed by atoms with E-state index in [1.54, 1.807) is 13.1 Å². The van der Waals surface area contributed by atoms with E-state index in [0.717, 1.165) is 30.5 Å². The topological polar surface area (TPSA) is 91.1 Å². The monoisotopic (exact) mass is 529 g/mol. The van der Waals surface area contributed by atoms with Crippen molar-refractivity contribution in [3.63, 3.8) is 0 Å². The molecule has 4 heterocycles. The Morgan fingerprint density at radius 3 is 2.63 bits per heavy atom. The first-order chi connectivity index (χ1) is 18.2. The Morgan fingerprint density at radius 2 is 1.92 bits per heavy atom. The molecule has 1 saturated carbocycles. The first-order valence-electron chi connectivity index (χ1n) is 12.1. The van der Waals surface area contributed by atoms with Gasteiger partial charge in [-0.05, 0) is 38.0 Å². The summed E-state index contributed by atoms with van der Waals surface area (Å²) in [6.45, 7) is 2.93. The number of benzene rings is 1. The molecule has 2 fully saturated rings. The molecule has 0 N–H and O–H groups in total. The molecule has 9 nitrogen and oxygen atoms in total. The zero-order valence-corrected chi connectivity index (χ0v) is 20.5. The maximum atomic E-state index is 15.1. The molecule has 4 aromatic rings. The molecule has 1 aliphatic heterocycles. The Bertz CT molecular complexity index is 1520. The number of aryl methyl sites for hydroxylation is 1. The first-order valence-corrected chi connectivity index (χ1v) is 12.1. The minimum absolute atomic E-state index is 0.0200. The summed E-state index contributed by atoms with van der Waals surface area (Å²) in [7, 11) is 1.41. The average Bonchev–Trinajstić information content (AvgIpc) is 3.63. The van der Waals surface area contributed by atoms with Gasteiger partial charge in [-0.3, -0.25) is 4.68 Å². The number of nitrogens with zero attached hydrogens (tertiary/aromatic N) is 7. The maximum Gasteiger partial charge on any atom is 0.416 e. The highest BCUT2D eigenvalue weighted by Crippen LogP contribution is 2.37. The van der Waals surface area contributed by atoms with Gasteiger partial charge >= 0.3 is 6.18 Å². The lowest BCUT2D eigenvalue weighted by atomic mass is 10.1. The van der Waals surface area contributed by atoms with Crippen molar-refractivity contribution in [2.24, 2.45) is 0 Å². The fraction of sp³-hybridized carbons (Fsp3) is 0.400. The van der Waals surface area contributed by atoms with Gasteiger partial charge in [0.05, 0.1) is 38.1 Å². The van der Waals surface area contributed by atoms with Crippen LogP contribution < -0.4 is 9.64 Å². The summed E-state index contributed by atoms with van der Waals surface area (Å²) in [6.07, 6.45) is 1.02. The van der Waals surface area contributed by atoms with Crippen LogP contribution in [-0.2, 0) is 10.9 Å². The fourth-order valence-corrected chi connectivity index (χ4v) is 4.50. The van der Waals surface area contributed by atoms with Gasteiger partial charge < -0.3 is 14.4 Å². The van der Waals surface area contributed by atoms with Crippen LogP contribution in [0.5, 0.6) is 5.88 Å². The van der Waals surface area contributed by atoms with Crippen LogP contribution in [0.2, 0.25) is 0 Å². The van der Waals surface area contributed by atoms with Gasteiger partial charge in [0.2, 0.25) is 11.8 Å². The van der Waals surface area contributed by atoms with Crippen molar-refractivity contribution in [1.82, 2.24) is 29.7 Å². The molecule has 1 aliphatic carbocycles. The van der Waals surface area contributed by atoms with Gasteiger partial charge in [0, 0.05) is 23.9 Å². The molecule has 0 amide bonds. The highest BCUT2D eigenvalue weighted by atomic mass is 19.4. The largest absolute Gasteiger partial charge is 0.480 e. The van der Waals surface area contributed by atoms with E-state index < -0.39 is 17.6 Å². The highest BCUT2D eigenvalue weighted by molar-refractivity contribution is 5.88. The predicted molar refractivity (Wildman–Crippen MR) is 128 cm³/mol. The number of halogens is 4. The third kappa shape index (κ3) is 4.51. The molecule has 6 rings (SSSR count). The lowest BCUT2D eigenvalue weighted by Gasteiger charge is -2.32. The molecule has 0 bridgehead atoms. The third-order valence-corrected chi connectivity index (χ3v) is 6.66. The van der Waals surface area contributed by atoms with Crippen molar-refractivity contribution in [1.29, 1.82) is 0 Å². The van der Waals surface area contributed by atoms with Gasteiger partial charge in [-0.15, -0.1) is 0 Å². The molecular formula is C25H23F4N7O2. The van der Waals surface area contributed by atoms with E-state index in [2.05, 4.69) is 25.0 Å². The second-order valence-electron chi connectivity index (χ2n) is 9.35. The number of alkyl halides is 3. The summed E-state index contributed by atoms with van der Waals surface area (Å²) >= 11 is 0. The van der Waals surface area contributed by atoms with E-state index >= 15 is 4.39 Å². The van der Waals surface area contributed by atoms with Crippen LogP contribution in [0.3, 0.4) is 0 Å². The van der Waals surface area contributed by atoms with Crippen LogP contribution in [0.1, 0.15) is 41.8 Å². The number of fused-ring (bicyclic) bond motifs is 1. The molecular weight excluding hydrogens is 506 g/mol. The number of methoxy groups -OCH3 is 1. The third-order valence-electron chi connectivity index (χ3n) is 6.66. The second-order valence-corrected chi connectivity index (χ2v) is 9.35. The van der Waals surface area contributed by atoms with E-state index in [1.165, 1.54) is 7.11 Å². The molecule has 1 saturated heterocycles. The minimum atomic E-state index is -4.69. The smallest absolute Gasteiger partial charge is 0.416 e. The van der Waals surface area contributed by atoms with E-state index in [4.69, 9.17) is 9.47 Å². The van der Waals surface area contributed by atoms with Crippen molar-refractivity contribution in [3.8, 4) is 17.1 Å². The summed E-state index contributed by atoms with van der Waals surface area (Å²) in [5.41, 5.74) is 0.443. The van der Waals surface area contributed by atoms with Crippen molar-refractivity contribution in [2.75, 3.05) is 31.7 Å². The lowest BCUT2D eigenvalue weighted by Crippen LogP contribution is -2.39. The average molecular weight is 529 g/mol. The molecule has 38 heavy (non-hydrogen) atoms. The molecule has 0 spiro atoms. The van der Waals surface area contributed by atoms with Crippen LogP contribution in [0, 0.1) is 12.7 Å². The number of morpholine rings is 1. The molecule has 2 aliphatic rings. The van der Waals surface area contributed by atoms with E-state index in [-0.39, 0.29) is 40.4 Å². The normalized spacial score (nSPS) is 18.3. The second kappa shape index (κ2) is 9.15. The van der Waals surface area contributed by atoms with E-state index in [0.29, 0.717) is 37.5 Å². The van der Waals surface area contributed by atoms with Gasteiger partial charge in [0.25, 0.3) is 0 Å². The summed E-state index contributed by atoms with van der Waals surface area (Å²) in [5.74, 6) is -0.658. The van der Waals surface area contributed by atoms with Crippen LogP contribution in [0.4, 0.5) is 23.5 Å². The molecule has 1 atom stereocenters. The number of rotatable bonds is 5. The molecule has 13 heteroatoms. The summed E-state index contributed by atoms with van der Waals surface area (Å²) in [4.78, 5) is 19.9. The standard InChI is InChI=1S/C25H23F4N7O2/c1-13-23(37-2)32-21-20(17-6-3-15(9-18(17)26)25(27,28)29)33-24(34-22(21)31-13)35-7-8-38-19(12-35)14-10-30-36(11-14)16-4-5-16/h3,6,9-11,16,19H,4-5,7-8,12H2,1-2H3/t19-/m1/s1. The summed E-state index contributed by atoms with van der Waals surface area (Å²) in [5, 5.41) is 4.44. The fourth-order valence-electron chi connectivity index (χ4n) is 4.50. The van der Waals surface area contributed by atoms with Crippen LogP contribution in [0.25, 0.3) is 22.4 Å². The van der Waals surface area contributed by atoms with Crippen molar-refractivity contribution in [3.05, 3.63) is 53.2 Å². The van der Waals surface area contributed by atoms with Crippen molar-refractivity contribution >= 4 is 17.1 Å². The molecule has 198 valence electrons. The predicted octanol–water partition coefficient (Wildman–Crippen LogP) is 4.67. The number of anilines is 1. The number of aromatic nitrogens is 6. The number of ether oxygens (including phenoxy) is 2. The Kier molecular flexibility index (Phi) is 5.89. The maximum absolute atomic E-state index is 15.1. The SMILES string of the molecule is COc1nc2c(-c3ccc(C(F)(F)F)cc3F)nc(N3CCO[C@@H](c4cnn(C5CC5)c4)C3)nc2nc1C. The molecule has 0 unspecified atom stereocenters. The Morgan fingerprint density at radius 1 is 1.11 bits per heavy atom. The number of hydrogen-bond acceptors (Lipinski definition) is 8. The van der Waals surface area contributed by atoms with Gasteiger partial charge in [-0.1, -0.05) is 0 Å². The highest BCUT2D eigenvalue weighted by Gasteiger charge is 2.33. The summed E-state index contributed by atoms with van der Waals surface area (Å²) < 4.78 is 67.8. The Balaban J connectivity index is 1.42. The van der Waals surface area contributed by atoms with Gasteiger partial charge in [0.1, 0.15) is 28.8 Å². The van der Waals surface area contributed by atoms with Crippen LogP contribution in [-0.4, -0.2) is 56.5 Å². The zero-order valence-electron chi connectivity index (χ0n) is 20.5. The molecule has 3 aromatic heterocycles. The van der Waals surface area contributed by atoms with Gasteiger partial charge in [-0.25, -0.2) is 19.3 Å². The quantitative estimate of drug-likeness (QED) is 0.345. The van der Waals surface area contributed by atoms with E-state index in [1.807, 2.05) is 15.8 Å². The van der Waals surface area contributed by atoms with Crippen molar-refractivity contribution in [2.45, 2.75) is 38.1 Å². The Labute approximate surface area is 214 Å². The Hall–Kier alpha value is -3.87. The molecule has 1 aromatic carbocycles. The van der Waals surface area contributed by atoms with Gasteiger partial charge in [0.15, 0.2) is 5.65 Å². The summed E-state index contributed by atoms with van der Waals surface area (Å²) in [6, 6.07) is 2.75. The van der Waals surface area contributed by atoms with Gasteiger partial charge in [-0.2, -0.15) is 23.3 Å². The lowest BCUT2D eigenvalue weighted by molar-refractivity contribution is -0.137. The van der Waals surface area contributed by atoms with E-state index in [9.17, 15) is 13.2 Å². The first kappa shape index (κ1) is 24.5. The minimum Gasteiger partial charge on any atom is -0.480 e. The van der Waals surface area contributed by atoms with Crippen LogP contribution in [0.15, 0.2) is 30.6 Å². The number of hydrogen-bond donors (Lipinski definition) is 0. The molecule has 0 radical (unpaired) electrons. The van der Waals surface area contributed by atoms with Crippen LogP contribution >= 0.6 is 0 Å².